The van der Waals surface area contributed by atoms with Crippen LogP contribution in [0.4, 0.5) is 5.69 Å². The van der Waals surface area contributed by atoms with E-state index in [4.69, 9.17) is 5.11 Å². The molecule has 0 aliphatic carbocycles. The van der Waals surface area contributed by atoms with Gasteiger partial charge in [-0.2, -0.15) is 0 Å². The van der Waals surface area contributed by atoms with Crippen molar-refractivity contribution in [3.05, 3.63) is 29.3 Å². The number of nitrogens with zero attached hydrogens (tertiary/aromatic N) is 1. The van der Waals surface area contributed by atoms with Gasteiger partial charge in [-0.05, 0) is 37.1 Å². The molecule has 3 heteroatoms. The SMILES string of the molecule is Cc1cc(C#CCO)ccc1N1CCCC1=O. The third kappa shape index (κ3) is 2.48. The van der Waals surface area contributed by atoms with E-state index in [1.54, 1.807) is 0 Å². The Kier molecular flexibility index (Phi) is 3.46. The first-order valence-corrected chi connectivity index (χ1v) is 5.73. The van der Waals surface area contributed by atoms with E-state index < -0.39 is 0 Å². The first kappa shape index (κ1) is 11.7. The molecule has 17 heavy (non-hydrogen) atoms. The molecular formula is C14H15NO2. The molecule has 2 rings (SSSR count). The number of carbonyl (C=O) groups excluding carboxylic acids is 1. The highest BCUT2D eigenvalue weighted by Crippen LogP contribution is 2.25. The van der Waals surface area contributed by atoms with Crippen molar-refractivity contribution in [2.75, 3.05) is 18.1 Å². The Morgan fingerprint density at radius 3 is 2.88 bits per heavy atom. The van der Waals surface area contributed by atoms with E-state index in [1.807, 2.05) is 30.0 Å². The topological polar surface area (TPSA) is 40.5 Å². The van der Waals surface area contributed by atoms with Crippen LogP contribution in [0.5, 0.6) is 0 Å². The summed E-state index contributed by atoms with van der Waals surface area (Å²) in [6, 6.07) is 5.76. The Hall–Kier alpha value is -1.79. The second-order valence-electron chi connectivity index (χ2n) is 4.11. The Morgan fingerprint density at radius 2 is 2.29 bits per heavy atom. The number of hydrogen-bond acceptors (Lipinski definition) is 2. The molecule has 1 aromatic carbocycles. The van der Waals surface area contributed by atoms with Gasteiger partial charge in [0.05, 0.1) is 0 Å². The molecule has 88 valence electrons. The smallest absolute Gasteiger partial charge is 0.227 e. The lowest BCUT2D eigenvalue weighted by Crippen LogP contribution is -2.24. The molecule has 1 N–H and O–H groups in total. The summed E-state index contributed by atoms with van der Waals surface area (Å²) >= 11 is 0. The first-order chi connectivity index (χ1) is 8.22. The number of aliphatic hydroxyl groups is 1. The van der Waals surface area contributed by atoms with Crippen LogP contribution >= 0.6 is 0 Å². The van der Waals surface area contributed by atoms with Crippen molar-refractivity contribution < 1.29 is 9.90 Å². The molecule has 1 aromatic rings. The highest BCUT2D eigenvalue weighted by molar-refractivity contribution is 5.96. The van der Waals surface area contributed by atoms with E-state index in [9.17, 15) is 4.79 Å². The maximum atomic E-state index is 11.6. The maximum Gasteiger partial charge on any atom is 0.227 e. The molecule has 3 nitrogen and oxygen atoms in total. The van der Waals surface area contributed by atoms with Gasteiger partial charge in [-0.1, -0.05) is 11.8 Å². The number of amides is 1. The Labute approximate surface area is 101 Å². The van der Waals surface area contributed by atoms with Crippen molar-refractivity contribution >= 4 is 11.6 Å². The van der Waals surface area contributed by atoms with Gasteiger partial charge in [0.1, 0.15) is 6.61 Å². The Balaban J connectivity index is 2.28. The average Bonchev–Trinajstić information content (AvgIpc) is 2.73. The second-order valence-corrected chi connectivity index (χ2v) is 4.11. The standard InChI is InChI=1S/C14H15NO2/c1-11-10-12(4-3-9-16)6-7-13(11)15-8-2-5-14(15)17/h6-7,10,16H,2,5,8-9H2,1H3. The zero-order valence-corrected chi connectivity index (χ0v) is 9.86. The molecule has 0 atom stereocenters. The van der Waals surface area contributed by atoms with Crippen LogP contribution in [0.3, 0.4) is 0 Å². The minimum atomic E-state index is -0.134. The number of aliphatic hydroxyl groups excluding tert-OH is 1. The fraction of sp³-hybridized carbons (Fsp3) is 0.357. The van der Waals surface area contributed by atoms with E-state index in [2.05, 4.69) is 11.8 Å². The van der Waals surface area contributed by atoms with Gasteiger partial charge >= 0.3 is 0 Å². The number of hydrogen-bond donors (Lipinski definition) is 1. The number of rotatable bonds is 1. The van der Waals surface area contributed by atoms with Crippen molar-refractivity contribution in [3.8, 4) is 11.8 Å². The number of benzene rings is 1. The molecule has 1 saturated heterocycles. The molecule has 0 spiro atoms. The summed E-state index contributed by atoms with van der Waals surface area (Å²) in [6.07, 6.45) is 1.58. The highest BCUT2D eigenvalue weighted by atomic mass is 16.2. The van der Waals surface area contributed by atoms with Crippen LogP contribution < -0.4 is 4.90 Å². The van der Waals surface area contributed by atoms with E-state index in [-0.39, 0.29) is 12.5 Å². The molecule has 0 bridgehead atoms. The molecular weight excluding hydrogens is 214 g/mol. The van der Waals surface area contributed by atoms with Crippen LogP contribution in [-0.4, -0.2) is 24.2 Å². The van der Waals surface area contributed by atoms with Crippen LogP contribution in [0.25, 0.3) is 0 Å². The molecule has 0 aromatic heterocycles. The van der Waals surface area contributed by atoms with Crippen LogP contribution in [0.15, 0.2) is 18.2 Å². The lowest BCUT2D eigenvalue weighted by molar-refractivity contribution is -0.117. The summed E-state index contributed by atoms with van der Waals surface area (Å²) in [5, 5.41) is 8.63. The molecule has 1 fully saturated rings. The molecule has 0 unspecified atom stereocenters. The van der Waals surface area contributed by atoms with Gasteiger partial charge in [-0.3, -0.25) is 4.79 Å². The van der Waals surface area contributed by atoms with Crippen LogP contribution in [0.2, 0.25) is 0 Å². The van der Waals surface area contributed by atoms with Gasteiger partial charge in [0.2, 0.25) is 5.91 Å². The van der Waals surface area contributed by atoms with Crippen LogP contribution in [-0.2, 0) is 4.79 Å². The van der Waals surface area contributed by atoms with Crippen molar-refractivity contribution in [1.82, 2.24) is 0 Å². The molecule has 1 heterocycles. The van der Waals surface area contributed by atoms with Crippen molar-refractivity contribution in [1.29, 1.82) is 0 Å². The van der Waals surface area contributed by atoms with Crippen molar-refractivity contribution in [3.63, 3.8) is 0 Å². The lowest BCUT2D eigenvalue weighted by Gasteiger charge is -2.18. The van der Waals surface area contributed by atoms with Gasteiger partial charge in [-0.25, -0.2) is 0 Å². The van der Waals surface area contributed by atoms with Gasteiger partial charge in [0.15, 0.2) is 0 Å². The molecule has 0 radical (unpaired) electrons. The van der Waals surface area contributed by atoms with E-state index in [1.165, 1.54) is 0 Å². The van der Waals surface area contributed by atoms with E-state index >= 15 is 0 Å². The molecule has 1 aliphatic heterocycles. The van der Waals surface area contributed by atoms with Gasteiger partial charge in [0.25, 0.3) is 0 Å². The minimum absolute atomic E-state index is 0.134. The molecule has 1 amide bonds. The normalized spacial score (nSPS) is 14.7. The number of carbonyl (C=O) groups is 1. The summed E-state index contributed by atoms with van der Waals surface area (Å²) in [4.78, 5) is 13.5. The quantitative estimate of drug-likeness (QED) is 0.741. The zero-order valence-electron chi connectivity index (χ0n) is 9.86. The van der Waals surface area contributed by atoms with E-state index in [0.29, 0.717) is 6.42 Å². The first-order valence-electron chi connectivity index (χ1n) is 5.73. The zero-order chi connectivity index (χ0) is 12.3. The molecule has 0 saturated carbocycles. The summed E-state index contributed by atoms with van der Waals surface area (Å²) in [6.45, 7) is 2.65. The van der Waals surface area contributed by atoms with Crippen molar-refractivity contribution in [2.45, 2.75) is 19.8 Å². The highest BCUT2D eigenvalue weighted by Gasteiger charge is 2.22. The fourth-order valence-corrected chi connectivity index (χ4v) is 2.08. The fourth-order valence-electron chi connectivity index (χ4n) is 2.08. The van der Waals surface area contributed by atoms with Gasteiger partial charge in [-0.15, -0.1) is 0 Å². The Morgan fingerprint density at radius 1 is 1.47 bits per heavy atom. The lowest BCUT2D eigenvalue weighted by atomic mass is 10.1. The summed E-state index contributed by atoms with van der Waals surface area (Å²) in [5.41, 5.74) is 2.89. The second kappa shape index (κ2) is 5.03. The third-order valence-electron chi connectivity index (χ3n) is 2.87. The Bertz CT molecular complexity index is 497. The molecule has 1 aliphatic rings. The van der Waals surface area contributed by atoms with Gasteiger partial charge in [0, 0.05) is 24.2 Å². The van der Waals surface area contributed by atoms with Crippen LogP contribution in [0.1, 0.15) is 24.0 Å². The average molecular weight is 229 g/mol. The van der Waals surface area contributed by atoms with Crippen molar-refractivity contribution in [2.24, 2.45) is 0 Å². The largest absolute Gasteiger partial charge is 0.384 e. The number of anilines is 1. The number of aryl methyl sites for hydroxylation is 1. The van der Waals surface area contributed by atoms with E-state index in [0.717, 1.165) is 29.8 Å². The predicted molar refractivity (Wildman–Crippen MR) is 66.7 cm³/mol. The minimum Gasteiger partial charge on any atom is -0.384 e. The summed E-state index contributed by atoms with van der Waals surface area (Å²) in [5.74, 6) is 5.67. The predicted octanol–water partition coefficient (Wildman–Crippen LogP) is 1.47. The maximum absolute atomic E-state index is 11.6. The van der Waals surface area contributed by atoms with Crippen LogP contribution in [0, 0.1) is 18.8 Å². The summed E-state index contributed by atoms with van der Waals surface area (Å²) < 4.78 is 0. The summed E-state index contributed by atoms with van der Waals surface area (Å²) in [7, 11) is 0. The van der Waals surface area contributed by atoms with Gasteiger partial charge < -0.3 is 10.0 Å². The monoisotopic (exact) mass is 229 g/mol. The third-order valence-corrected chi connectivity index (χ3v) is 2.87.